The third kappa shape index (κ3) is 5.33. The lowest BCUT2D eigenvalue weighted by atomic mass is 10.1. The molecule has 0 amide bonds. The molecule has 0 bridgehead atoms. The van der Waals surface area contributed by atoms with Gasteiger partial charge in [0, 0.05) is 11.7 Å². The highest BCUT2D eigenvalue weighted by atomic mass is 16.5. The van der Waals surface area contributed by atoms with Crippen molar-refractivity contribution in [2.75, 3.05) is 13.2 Å². The fourth-order valence-corrected chi connectivity index (χ4v) is 2.17. The van der Waals surface area contributed by atoms with Gasteiger partial charge in [0.1, 0.15) is 0 Å². The van der Waals surface area contributed by atoms with Crippen molar-refractivity contribution in [2.45, 2.75) is 66.7 Å². The van der Waals surface area contributed by atoms with E-state index in [4.69, 9.17) is 4.74 Å². The minimum absolute atomic E-state index is 0.284. The molecule has 0 aliphatic rings. The fraction of sp³-hybridized carbons (Fsp3) is 0.800. The Morgan fingerprint density at radius 1 is 1.21 bits per heavy atom. The second-order valence-electron chi connectivity index (χ2n) is 5.65. The van der Waals surface area contributed by atoms with Gasteiger partial charge in [-0.3, -0.25) is 4.68 Å². The van der Waals surface area contributed by atoms with Crippen molar-refractivity contribution in [1.82, 2.24) is 15.1 Å². The molecule has 1 N–H and O–H groups in total. The largest absolute Gasteiger partial charge is 0.377 e. The van der Waals surface area contributed by atoms with Gasteiger partial charge in [-0.05, 0) is 46.2 Å². The quantitative estimate of drug-likeness (QED) is 0.786. The van der Waals surface area contributed by atoms with E-state index in [0.717, 1.165) is 31.8 Å². The van der Waals surface area contributed by atoms with Crippen molar-refractivity contribution >= 4 is 0 Å². The Morgan fingerprint density at radius 3 is 2.47 bits per heavy atom. The van der Waals surface area contributed by atoms with Crippen LogP contribution >= 0.6 is 0 Å². The molecule has 4 heteroatoms. The predicted octanol–water partition coefficient (Wildman–Crippen LogP) is 2.47. The van der Waals surface area contributed by atoms with Crippen molar-refractivity contribution in [3.8, 4) is 0 Å². The number of rotatable bonds is 8. The number of aryl methyl sites for hydroxylation is 1. The lowest BCUT2D eigenvalue weighted by molar-refractivity contribution is 0.0706. The molecule has 0 atom stereocenters. The first-order valence-electron chi connectivity index (χ1n) is 7.29. The van der Waals surface area contributed by atoms with Crippen LogP contribution in [0.2, 0.25) is 0 Å². The van der Waals surface area contributed by atoms with Crippen molar-refractivity contribution in [1.29, 1.82) is 0 Å². The van der Waals surface area contributed by atoms with Crippen LogP contribution in [0, 0.1) is 13.8 Å². The SMILES string of the molecule is Cc1nn(CCOC(C)C)c(C)c1CCNC(C)C. The summed E-state index contributed by atoms with van der Waals surface area (Å²) in [4.78, 5) is 0. The molecule has 4 nitrogen and oxygen atoms in total. The van der Waals surface area contributed by atoms with Gasteiger partial charge in [0.2, 0.25) is 0 Å². The van der Waals surface area contributed by atoms with E-state index >= 15 is 0 Å². The first-order valence-corrected chi connectivity index (χ1v) is 7.29. The highest BCUT2D eigenvalue weighted by Crippen LogP contribution is 2.13. The Hall–Kier alpha value is -0.870. The van der Waals surface area contributed by atoms with E-state index in [0.29, 0.717) is 6.04 Å². The van der Waals surface area contributed by atoms with E-state index < -0.39 is 0 Å². The van der Waals surface area contributed by atoms with Gasteiger partial charge in [0.15, 0.2) is 0 Å². The maximum Gasteiger partial charge on any atom is 0.0666 e. The number of hydrogen-bond acceptors (Lipinski definition) is 3. The van der Waals surface area contributed by atoms with Crippen LogP contribution < -0.4 is 5.32 Å². The van der Waals surface area contributed by atoms with Gasteiger partial charge in [-0.1, -0.05) is 13.8 Å². The zero-order valence-electron chi connectivity index (χ0n) is 13.3. The Bertz CT molecular complexity index is 383. The molecule has 0 aliphatic heterocycles. The average molecular weight is 267 g/mol. The van der Waals surface area contributed by atoms with Crippen molar-refractivity contribution in [3.63, 3.8) is 0 Å². The molecule has 0 radical (unpaired) electrons. The number of aromatic nitrogens is 2. The van der Waals surface area contributed by atoms with Crippen LogP contribution in [0.25, 0.3) is 0 Å². The lowest BCUT2D eigenvalue weighted by Gasteiger charge is -2.10. The van der Waals surface area contributed by atoms with E-state index in [2.05, 4.69) is 56.6 Å². The number of hydrogen-bond donors (Lipinski definition) is 1. The lowest BCUT2D eigenvalue weighted by Crippen LogP contribution is -2.25. The molecular formula is C15H29N3O. The topological polar surface area (TPSA) is 39.1 Å². The first kappa shape index (κ1) is 16.2. The number of nitrogens with zero attached hydrogens (tertiary/aromatic N) is 2. The molecular weight excluding hydrogens is 238 g/mol. The van der Waals surface area contributed by atoms with Crippen molar-refractivity contribution in [2.24, 2.45) is 0 Å². The molecule has 110 valence electrons. The molecule has 1 aromatic heterocycles. The summed E-state index contributed by atoms with van der Waals surface area (Å²) >= 11 is 0. The Kier molecular flexibility index (Phi) is 6.52. The molecule has 0 saturated heterocycles. The molecule has 1 rings (SSSR count). The molecule has 0 saturated carbocycles. The first-order chi connectivity index (χ1) is 8.91. The summed E-state index contributed by atoms with van der Waals surface area (Å²) < 4.78 is 7.66. The van der Waals surface area contributed by atoms with Crippen molar-refractivity contribution in [3.05, 3.63) is 17.0 Å². The van der Waals surface area contributed by atoms with Gasteiger partial charge >= 0.3 is 0 Å². The van der Waals surface area contributed by atoms with Gasteiger partial charge in [-0.15, -0.1) is 0 Å². The van der Waals surface area contributed by atoms with E-state index in [9.17, 15) is 0 Å². The molecule has 0 aliphatic carbocycles. The Balaban J connectivity index is 2.55. The Labute approximate surface area is 117 Å². The molecule has 0 unspecified atom stereocenters. The van der Waals surface area contributed by atoms with Gasteiger partial charge in [-0.2, -0.15) is 5.10 Å². The second kappa shape index (κ2) is 7.65. The Morgan fingerprint density at radius 2 is 1.89 bits per heavy atom. The van der Waals surface area contributed by atoms with Gasteiger partial charge in [-0.25, -0.2) is 0 Å². The highest BCUT2D eigenvalue weighted by molar-refractivity contribution is 5.24. The normalized spacial score (nSPS) is 11.8. The zero-order chi connectivity index (χ0) is 14.4. The molecule has 0 spiro atoms. The maximum absolute atomic E-state index is 5.59. The van der Waals surface area contributed by atoms with E-state index in [1.54, 1.807) is 0 Å². The van der Waals surface area contributed by atoms with E-state index in [-0.39, 0.29) is 6.10 Å². The van der Waals surface area contributed by atoms with Crippen LogP contribution in [-0.4, -0.2) is 35.1 Å². The summed E-state index contributed by atoms with van der Waals surface area (Å²) in [6.07, 6.45) is 1.33. The van der Waals surface area contributed by atoms with E-state index in [1.165, 1.54) is 11.3 Å². The zero-order valence-corrected chi connectivity index (χ0v) is 13.3. The van der Waals surface area contributed by atoms with Crippen LogP contribution in [0.15, 0.2) is 0 Å². The maximum atomic E-state index is 5.59. The number of ether oxygens (including phenoxy) is 1. The molecule has 1 aromatic rings. The monoisotopic (exact) mass is 267 g/mol. The summed E-state index contributed by atoms with van der Waals surface area (Å²) in [7, 11) is 0. The molecule has 0 aromatic carbocycles. The smallest absolute Gasteiger partial charge is 0.0666 e. The molecule has 1 heterocycles. The van der Waals surface area contributed by atoms with Crippen LogP contribution in [0.5, 0.6) is 0 Å². The fourth-order valence-electron chi connectivity index (χ4n) is 2.17. The summed E-state index contributed by atoms with van der Waals surface area (Å²) in [6.45, 7) is 15.3. The minimum Gasteiger partial charge on any atom is -0.377 e. The van der Waals surface area contributed by atoms with Crippen LogP contribution in [0.4, 0.5) is 0 Å². The summed E-state index contributed by atoms with van der Waals surface area (Å²) in [5.74, 6) is 0. The summed E-state index contributed by atoms with van der Waals surface area (Å²) in [6, 6.07) is 0.537. The minimum atomic E-state index is 0.284. The van der Waals surface area contributed by atoms with E-state index in [1.807, 2.05) is 0 Å². The third-order valence-electron chi connectivity index (χ3n) is 3.21. The van der Waals surface area contributed by atoms with Gasteiger partial charge in [0.25, 0.3) is 0 Å². The number of nitrogens with one attached hydrogen (secondary N) is 1. The van der Waals surface area contributed by atoms with Crippen LogP contribution in [0.1, 0.15) is 44.6 Å². The third-order valence-corrected chi connectivity index (χ3v) is 3.21. The summed E-state index contributed by atoms with van der Waals surface area (Å²) in [5, 5.41) is 8.07. The van der Waals surface area contributed by atoms with Crippen LogP contribution in [0.3, 0.4) is 0 Å². The summed E-state index contributed by atoms with van der Waals surface area (Å²) in [5.41, 5.74) is 3.79. The predicted molar refractivity (Wildman–Crippen MR) is 79.6 cm³/mol. The standard InChI is InChI=1S/C15H29N3O/c1-11(2)16-8-7-15-13(5)17-18(14(15)6)9-10-19-12(3)4/h11-12,16H,7-10H2,1-6H3. The van der Waals surface area contributed by atoms with Crippen molar-refractivity contribution < 1.29 is 4.74 Å². The van der Waals surface area contributed by atoms with Gasteiger partial charge in [0.05, 0.1) is 24.9 Å². The average Bonchev–Trinajstić information content (AvgIpc) is 2.56. The molecule has 0 fully saturated rings. The van der Waals surface area contributed by atoms with Crippen LogP contribution in [-0.2, 0) is 17.7 Å². The van der Waals surface area contributed by atoms with Gasteiger partial charge < -0.3 is 10.1 Å². The second-order valence-corrected chi connectivity index (χ2v) is 5.65. The highest BCUT2D eigenvalue weighted by Gasteiger charge is 2.11. The molecule has 19 heavy (non-hydrogen) atoms.